The van der Waals surface area contributed by atoms with Crippen LogP contribution in [0.4, 0.5) is 5.69 Å². The van der Waals surface area contributed by atoms with Gasteiger partial charge in [0.1, 0.15) is 5.75 Å². The summed E-state index contributed by atoms with van der Waals surface area (Å²) in [7, 11) is 0. The molecule has 2 aromatic rings. The van der Waals surface area contributed by atoms with Crippen molar-refractivity contribution in [2.45, 2.75) is 12.8 Å². The molecule has 0 aliphatic carbocycles. The molecule has 0 aromatic heterocycles. The fourth-order valence-corrected chi connectivity index (χ4v) is 2.30. The molecule has 3 rings (SSSR count). The van der Waals surface area contributed by atoms with Crippen molar-refractivity contribution in [1.82, 2.24) is 0 Å². The Labute approximate surface area is 108 Å². The first-order valence-electron chi connectivity index (χ1n) is 6.45. The Balaban J connectivity index is 1.57. The highest BCUT2D eigenvalue weighted by Gasteiger charge is 2.11. The molecule has 0 amide bonds. The van der Waals surface area contributed by atoms with Crippen LogP contribution in [0, 0.1) is 0 Å². The maximum atomic E-state index is 5.51. The lowest BCUT2D eigenvalue weighted by Crippen LogP contribution is -2.04. The van der Waals surface area contributed by atoms with E-state index in [-0.39, 0.29) is 0 Å². The first kappa shape index (κ1) is 11.1. The van der Waals surface area contributed by atoms with Crippen LogP contribution in [0.1, 0.15) is 11.1 Å². The molecule has 0 atom stereocenters. The number of hydrogen-bond donors (Lipinski definition) is 1. The molecule has 0 spiro atoms. The zero-order chi connectivity index (χ0) is 12.2. The van der Waals surface area contributed by atoms with Crippen molar-refractivity contribution < 1.29 is 4.74 Å². The molecule has 2 aromatic carbocycles. The van der Waals surface area contributed by atoms with E-state index >= 15 is 0 Å². The van der Waals surface area contributed by atoms with Gasteiger partial charge >= 0.3 is 0 Å². The lowest BCUT2D eigenvalue weighted by Gasteiger charge is -2.07. The van der Waals surface area contributed by atoms with Gasteiger partial charge in [-0.1, -0.05) is 30.3 Å². The molecule has 2 nitrogen and oxygen atoms in total. The van der Waals surface area contributed by atoms with Crippen molar-refractivity contribution in [2.24, 2.45) is 0 Å². The first-order valence-corrected chi connectivity index (χ1v) is 6.45. The van der Waals surface area contributed by atoms with Gasteiger partial charge in [-0.25, -0.2) is 0 Å². The van der Waals surface area contributed by atoms with Gasteiger partial charge in [-0.3, -0.25) is 0 Å². The molecule has 0 unspecified atom stereocenters. The summed E-state index contributed by atoms with van der Waals surface area (Å²) in [6.07, 6.45) is 2.09. The molecule has 1 heterocycles. The monoisotopic (exact) mass is 239 g/mol. The van der Waals surface area contributed by atoms with Crippen LogP contribution in [-0.2, 0) is 12.8 Å². The number of fused-ring (bicyclic) bond motifs is 1. The minimum atomic E-state index is 0.834. The molecule has 0 saturated carbocycles. The van der Waals surface area contributed by atoms with Gasteiger partial charge in [-0.05, 0) is 35.7 Å². The van der Waals surface area contributed by atoms with Crippen LogP contribution in [0.3, 0.4) is 0 Å². The van der Waals surface area contributed by atoms with Crippen LogP contribution in [0.5, 0.6) is 5.75 Å². The van der Waals surface area contributed by atoms with E-state index in [9.17, 15) is 0 Å². The van der Waals surface area contributed by atoms with Gasteiger partial charge in [0, 0.05) is 18.7 Å². The van der Waals surface area contributed by atoms with Crippen LogP contribution in [-0.4, -0.2) is 13.2 Å². The smallest absolute Gasteiger partial charge is 0.122 e. The number of hydrogen-bond acceptors (Lipinski definition) is 2. The summed E-state index contributed by atoms with van der Waals surface area (Å²) < 4.78 is 5.51. The molecule has 0 bridgehead atoms. The predicted octanol–water partition coefficient (Wildman–Crippen LogP) is 3.28. The number of para-hydroxylation sites is 1. The van der Waals surface area contributed by atoms with Crippen LogP contribution >= 0.6 is 0 Å². The van der Waals surface area contributed by atoms with E-state index in [0.29, 0.717) is 0 Å². The third-order valence-corrected chi connectivity index (χ3v) is 3.27. The molecule has 2 heteroatoms. The number of anilines is 1. The van der Waals surface area contributed by atoms with Gasteiger partial charge in [0.2, 0.25) is 0 Å². The highest BCUT2D eigenvalue weighted by atomic mass is 16.5. The average Bonchev–Trinajstić information content (AvgIpc) is 2.87. The van der Waals surface area contributed by atoms with Crippen molar-refractivity contribution in [3.8, 4) is 5.75 Å². The highest BCUT2D eigenvalue weighted by molar-refractivity contribution is 5.43. The van der Waals surface area contributed by atoms with Gasteiger partial charge in [-0.2, -0.15) is 0 Å². The van der Waals surface area contributed by atoms with E-state index in [2.05, 4.69) is 47.8 Å². The second-order valence-electron chi connectivity index (χ2n) is 4.58. The average molecular weight is 239 g/mol. The highest BCUT2D eigenvalue weighted by Crippen LogP contribution is 2.25. The summed E-state index contributed by atoms with van der Waals surface area (Å²) in [6.45, 7) is 1.80. The fourth-order valence-electron chi connectivity index (χ4n) is 2.30. The molecular formula is C16H17NO. The van der Waals surface area contributed by atoms with Crippen LogP contribution in [0.15, 0.2) is 48.5 Å². The lowest BCUT2D eigenvalue weighted by molar-refractivity contribution is 0.357. The summed E-state index contributed by atoms with van der Waals surface area (Å²) in [5, 5.41) is 3.43. The Hall–Kier alpha value is -1.96. The van der Waals surface area contributed by atoms with E-state index in [0.717, 1.165) is 31.7 Å². The van der Waals surface area contributed by atoms with E-state index in [1.807, 2.05) is 6.07 Å². The third-order valence-electron chi connectivity index (χ3n) is 3.27. The van der Waals surface area contributed by atoms with Crippen LogP contribution < -0.4 is 10.1 Å². The SMILES string of the molecule is c1ccc(NCCc2ccc3c(c2)CCO3)cc1. The summed E-state index contributed by atoms with van der Waals surface area (Å²) in [6, 6.07) is 16.9. The summed E-state index contributed by atoms with van der Waals surface area (Å²) in [5.41, 5.74) is 3.91. The summed E-state index contributed by atoms with van der Waals surface area (Å²) >= 11 is 0. The molecule has 18 heavy (non-hydrogen) atoms. The quantitative estimate of drug-likeness (QED) is 0.884. The Morgan fingerprint density at radius 2 is 1.94 bits per heavy atom. The Kier molecular flexibility index (Phi) is 3.18. The summed E-state index contributed by atoms with van der Waals surface area (Å²) in [5.74, 6) is 1.06. The minimum Gasteiger partial charge on any atom is -0.493 e. The standard InChI is InChI=1S/C16H17NO/c1-2-4-15(5-3-1)17-10-8-13-6-7-16-14(12-13)9-11-18-16/h1-7,12,17H,8-11H2. The fraction of sp³-hybridized carbons (Fsp3) is 0.250. The van der Waals surface area contributed by atoms with Crippen LogP contribution in [0.25, 0.3) is 0 Å². The second kappa shape index (κ2) is 5.13. The Morgan fingerprint density at radius 3 is 2.83 bits per heavy atom. The molecule has 0 fully saturated rings. The zero-order valence-corrected chi connectivity index (χ0v) is 10.4. The van der Waals surface area contributed by atoms with E-state index in [1.165, 1.54) is 16.8 Å². The van der Waals surface area contributed by atoms with Crippen LogP contribution in [0.2, 0.25) is 0 Å². The zero-order valence-electron chi connectivity index (χ0n) is 10.4. The predicted molar refractivity (Wildman–Crippen MR) is 74.3 cm³/mol. The van der Waals surface area contributed by atoms with Gasteiger partial charge in [-0.15, -0.1) is 0 Å². The number of benzene rings is 2. The molecule has 0 saturated heterocycles. The molecular weight excluding hydrogens is 222 g/mol. The largest absolute Gasteiger partial charge is 0.493 e. The molecule has 0 radical (unpaired) electrons. The maximum Gasteiger partial charge on any atom is 0.122 e. The molecule has 1 aliphatic heterocycles. The van der Waals surface area contributed by atoms with E-state index in [1.54, 1.807) is 0 Å². The van der Waals surface area contributed by atoms with Gasteiger partial charge in [0.25, 0.3) is 0 Å². The number of nitrogens with one attached hydrogen (secondary N) is 1. The third kappa shape index (κ3) is 2.48. The first-order chi connectivity index (χ1) is 8.92. The summed E-state index contributed by atoms with van der Waals surface area (Å²) in [4.78, 5) is 0. The normalized spacial score (nSPS) is 12.9. The molecule has 92 valence electrons. The molecule has 1 N–H and O–H groups in total. The lowest BCUT2D eigenvalue weighted by atomic mass is 10.1. The second-order valence-corrected chi connectivity index (χ2v) is 4.58. The van der Waals surface area contributed by atoms with Crippen molar-refractivity contribution in [2.75, 3.05) is 18.5 Å². The van der Waals surface area contributed by atoms with Crippen molar-refractivity contribution in [3.63, 3.8) is 0 Å². The maximum absolute atomic E-state index is 5.51. The molecule has 1 aliphatic rings. The Morgan fingerprint density at radius 1 is 1.06 bits per heavy atom. The van der Waals surface area contributed by atoms with Gasteiger partial charge in [0.15, 0.2) is 0 Å². The number of rotatable bonds is 4. The topological polar surface area (TPSA) is 21.3 Å². The van der Waals surface area contributed by atoms with E-state index in [4.69, 9.17) is 4.74 Å². The Bertz CT molecular complexity index is 522. The van der Waals surface area contributed by atoms with Crippen molar-refractivity contribution in [3.05, 3.63) is 59.7 Å². The van der Waals surface area contributed by atoms with E-state index < -0.39 is 0 Å². The van der Waals surface area contributed by atoms with Crippen molar-refractivity contribution >= 4 is 5.69 Å². The number of ether oxygens (including phenoxy) is 1. The van der Waals surface area contributed by atoms with Crippen molar-refractivity contribution in [1.29, 1.82) is 0 Å². The van der Waals surface area contributed by atoms with Gasteiger partial charge < -0.3 is 10.1 Å². The van der Waals surface area contributed by atoms with Gasteiger partial charge in [0.05, 0.1) is 6.61 Å². The minimum absolute atomic E-state index is 0.834.